The lowest BCUT2D eigenvalue weighted by Gasteiger charge is -2.13. The Morgan fingerprint density at radius 3 is 2.95 bits per heavy atom. The molecular formula is C12H20N4O3S. The van der Waals surface area contributed by atoms with Crippen molar-refractivity contribution in [2.24, 2.45) is 5.92 Å². The van der Waals surface area contributed by atoms with Crippen LogP contribution in [0.25, 0.3) is 0 Å². The Hall–Kier alpha value is -1.57. The van der Waals surface area contributed by atoms with Gasteiger partial charge < -0.3 is 15.8 Å². The smallest absolute Gasteiger partial charge is 0.242 e. The largest absolute Gasteiger partial charge is 0.476 e. The van der Waals surface area contributed by atoms with Gasteiger partial charge in [0.15, 0.2) is 15.7 Å². The lowest BCUT2D eigenvalue weighted by Crippen LogP contribution is -2.17. The number of rotatable bonds is 6. The summed E-state index contributed by atoms with van der Waals surface area (Å²) in [6, 6.07) is 0. The van der Waals surface area contributed by atoms with Crippen LogP contribution in [0.3, 0.4) is 0 Å². The Morgan fingerprint density at radius 2 is 2.30 bits per heavy atom. The zero-order chi connectivity index (χ0) is 14.6. The molecule has 0 bridgehead atoms. The van der Waals surface area contributed by atoms with Gasteiger partial charge in [-0.05, 0) is 18.8 Å². The van der Waals surface area contributed by atoms with Gasteiger partial charge in [0.05, 0.1) is 18.1 Å². The molecule has 2 heterocycles. The Balaban J connectivity index is 1.96. The van der Waals surface area contributed by atoms with Crippen LogP contribution in [0.15, 0.2) is 6.33 Å². The second-order valence-electron chi connectivity index (χ2n) is 4.94. The summed E-state index contributed by atoms with van der Waals surface area (Å²) in [6.45, 7) is 3.08. The monoisotopic (exact) mass is 300 g/mol. The van der Waals surface area contributed by atoms with Crippen molar-refractivity contribution >= 4 is 21.3 Å². The summed E-state index contributed by atoms with van der Waals surface area (Å²) in [7, 11) is -2.86. The number of hydrogen-bond donors (Lipinski definition) is 2. The summed E-state index contributed by atoms with van der Waals surface area (Å²) < 4.78 is 28.2. The van der Waals surface area contributed by atoms with E-state index in [-0.39, 0.29) is 17.4 Å². The fourth-order valence-electron chi connectivity index (χ4n) is 2.11. The van der Waals surface area contributed by atoms with E-state index < -0.39 is 9.84 Å². The van der Waals surface area contributed by atoms with Gasteiger partial charge in [-0.3, -0.25) is 0 Å². The predicted octanol–water partition coefficient (Wildman–Crippen LogP) is 0.694. The molecule has 2 rings (SSSR count). The molecule has 1 aromatic rings. The topological polar surface area (TPSA) is 107 Å². The Kier molecular flexibility index (Phi) is 4.64. The lowest BCUT2D eigenvalue weighted by molar-refractivity contribution is 0.306. The molecule has 8 heteroatoms. The van der Waals surface area contributed by atoms with Crippen LogP contribution < -0.4 is 15.8 Å². The third kappa shape index (κ3) is 3.72. The number of anilines is 2. The van der Waals surface area contributed by atoms with Crippen LogP contribution in [0, 0.1) is 5.92 Å². The average Bonchev–Trinajstić information content (AvgIpc) is 2.76. The van der Waals surface area contributed by atoms with Crippen LogP contribution in [-0.4, -0.2) is 43.0 Å². The van der Waals surface area contributed by atoms with Crippen molar-refractivity contribution in [3.8, 4) is 5.88 Å². The number of nitrogens with two attached hydrogens (primary N) is 1. The molecule has 112 valence electrons. The van der Waals surface area contributed by atoms with Crippen molar-refractivity contribution in [2.45, 2.75) is 19.8 Å². The zero-order valence-electron chi connectivity index (χ0n) is 11.5. The summed E-state index contributed by atoms with van der Waals surface area (Å²) in [5.41, 5.74) is 6.29. The molecule has 1 aliphatic heterocycles. The number of aromatic nitrogens is 2. The molecule has 7 nitrogen and oxygen atoms in total. The minimum Gasteiger partial charge on any atom is -0.476 e. The Bertz CT molecular complexity index is 562. The highest BCUT2D eigenvalue weighted by molar-refractivity contribution is 7.91. The maximum Gasteiger partial charge on any atom is 0.242 e. The van der Waals surface area contributed by atoms with E-state index in [2.05, 4.69) is 15.3 Å². The first-order valence-electron chi connectivity index (χ1n) is 6.69. The number of hydrogen-bond acceptors (Lipinski definition) is 7. The van der Waals surface area contributed by atoms with Gasteiger partial charge in [-0.1, -0.05) is 6.92 Å². The van der Waals surface area contributed by atoms with Crippen molar-refractivity contribution < 1.29 is 13.2 Å². The standard InChI is InChI=1S/C12H20N4O3S/c1-2-4-19-12-10(13)11(15-8-16-12)14-6-9-3-5-20(17,18)7-9/h8-9H,2-7,13H2,1H3,(H,14,15,16). The number of ether oxygens (including phenoxy) is 1. The number of sulfone groups is 1. The van der Waals surface area contributed by atoms with Crippen LogP contribution in [-0.2, 0) is 9.84 Å². The van der Waals surface area contributed by atoms with E-state index in [4.69, 9.17) is 10.5 Å². The highest BCUT2D eigenvalue weighted by atomic mass is 32.2. The van der Waals surface area contributed by atoms with E-state index in [0.29, 0.717) is 37.0 Å². The lowest BCUT2D eigenvalue weighted by atomic mass is 10.1. The van der Waals surface area contributed by atoms with Gasteiger partial charge in [0.2, 0.25) is 5.88 Å². The van der Waals surface area contributed by atoms with Crippen molar-refractivity contribution in [1.29, 1.82) is 0 Å². The Morgan fingerprint density at radius 1 is 1.50 bits per heavy atom. The molecule has 1 aliphatic rings. The summed E-state index contributed by atoms with van der Waals surface area (Å²) in [4.78, 5) is 8.05. The van der Waals surface area contributed by atoms with Gasteiger partial charge in [-0.25, -0.2) is 13.4 Å². The first-order chi connectivity index (χ1) is 9.52. The molecule has 0 spiro atoms. The van der Waals surface area contributed by atoms with Crippen molar-refractivity contribution in [2.75, 3.05) is 35.7 Å². The second-order valence-corrected chi connectivity index (χ2v) is 7.17. The predicted molar refractivity (Wildman–Crippen MR) is 77.5 cm³/mol. The van der Waals surface area contributed by atoms with Crippen LogP contribution in [0.5, 0.6) is 5.88 Å². The van der Waals surface area contributed by atoms with Crippen molar-refractivity contribution in [1.82, 2.24) is 9.97 Å². The minimum absolute atomic E-state index is 0.106. The van der Waals surface area contributed by atoms with Gasteiger partial charge in [-0.2, -0.15) is 4.98 Å². The van der Waals surface area contributed by atoms with Gasteiger partial charge in [0, 0.05) is 6.54 Å². The molecule has 0 aromatic carbocycles. The molecule has 0 amide bonds. The fraction of sp³-hybridized carbons (Fsp3) is 0.667. The SMILES string of the molecule is CCCOc1ncnc(NCC2CCS(=O)(=O)C2)c1N. The van der Waals surface area contributed by atoms with Crippen LogP contribution >= 0.6 is 0 Å². The number of nitrogens with zero attached hydrogens (tertiary/aromatic N) is 2. The fourth-order valence-corrected chi connectivity index (χ4v) is 3.97. The second kappa shape index (κ2) is 6.25. The zero-order valence-corrected chi connectivity index (χ0v) is 12.3. The molecular weight excluding hydrogens is 280 g/mol. The maximum atomic E-state index is 11.4. The highest BCUT2D eigenvalue weighted by Gasteiger charge is 2.27. The van der Waals surface area contributed by atoms with Gasteiger partial charge >= 0.3 is 0 Å². The molecule has 1 aromatic heterocycles. The van der Waals surface area contributed by atoms with Crippen molar-refractivity contribution in [3.05, 3.63) is 6.33 Å². The van der Waals surface area contributed by atoms with E-state index in [1.54, 1.807) is 0 Å². The van der Waals surface area contributed by atoms with Gasteiger partial charge in [0.1, 0.15) is 12.0 Å². The van der Waals surface area contributed by atoms with E-state index in [0.717, 1.165) is 6.42 Å². The molecule has 1 saturated heterocycles. The van der Waals surface area contributed by atoms with Crippen LogP contribution in [0.2, 0.25) is 0 Å². The van der Waals surface area contributed by atoms with E-state index in [9.17, 15) is 8.42 Å². The first kappa shape index (κ1) is 14.8. The molecule has 1 unspecified atom stereocenters. The van der Waals surface area contributed by atoms with E-state index >= 15 is 0 Å². The quantitative estimate of drug-likeness (QED) is 0.796. The molecule has 3 N–H and O–H groups in total. The highest BCUT2D eigenvalue weighted by Crippen LogP contribution is 2.26. The molecule has 1 fully saturated rings. The first-order valence-corrected chi connectivity index (χ1v) is 8.51. The van der Waals surface area contributed by atoms with Gasteiger partial charge in [0.25, 0.3) is 0 Å². The summed E-state index contributed by atoms with van der Waals surface area (Å²) in [5.74, 6) is 1.46. The van der Waals surface area contributed by atoms with Crippen LogP contribution in [0.1, 0.15) is 19.8 Å². The van der Waals surface area contributed by atoms with Crippen molar-refractivity contribution in [3.63, 3.8) is 0 Å². The summed E-state index contributed by atoms with van der Waals surface area (Å²) in [6.07, 6.45) is 2.93. The third-order valence-corrected chi connectivity index (χ3v) is 5.01. The summed E-state index contributed by atoms with van der Waals surface area (Å²) in [5, 5.41) is 3.09. The molecule has 0 aliphatic carbocycles. The normalized spacial score (nSPS) is 20.8. The molecule has 0 radical (unpaired) electrons. The average molecular weight is 300 g/mol. The van der Waals surface area contributed by atoms with E-state index in [1.807, 2.05) is 6.92 Å². The molecule has 1 atom stereocenters. The van der Waals surface area contributed by atoms with Gasteiger partial charge in [-0.15, -0.1) is 0 Å². The molecule has 20 heavy (non-hydrogen) atoms. The maximum absolute atomic E-state index is 11.4. The van der Waals surface area contributed by atoms with E-state index in [1.165, 1.54) is 6.33 Å². The third-order valence-electron chi connectivity index (χ3n) is 3.18. The Labute approximate surface area is 118 Å². The molecule has 0 saturated carbocycles. The minimum atomic E-state index is -2.86. The number of nitrogens with one attached hydrogen (secondary N) is 1. The number of nitrogen functional groups attached to an aromatic ring is 1. The van der Waals surface area contributed by atoms with Crippen LogP contribution in [0.4, 0.5) is 11.5 Å². The summed E-state index contributed by atoms with van der Waals surface area (Å²) >= 11 is 0.